The van der Waals surface area contributed by atoms with Crippen molar-refractivity contribution >= 4 is 39.1 Å². The zero-order chi connectivity index (χ0) is 14.8. The van der Waals surface area contributed by atoms with E-state index in [2.05, 4.69) is 45.5 Å². The van der Waals surface area contributed by atoms with Gasteiger partial charge in [0, 0.05) is 27.0 Å². The molecule has 4 heteroatoms. The zero-order valence-electron chi connectivity index (χ0n) is 11.5. The average Bonchev–Trinajstić information content (AvgIpc) is 2.47. The van der Waals surface area contributed by atoms with Crippen LogP contribution >= 0.6 is 39.1 Å². The number of piperidine rings is 1. The van der Waals surface area contributed by atoms with E-state index in [1.807, 2.05) is 12.1 Å². The summed E-state index contributed by atoms with van der Waals surface area (Å²) in [4.78, 5) is 0. The first-order valence-corrected chi connectivity index (χ1v) is 8.61. The predicted octanol–water partition coefficient (Wildman–Crippen LogP) is 5.62. The van der Waals surface area contributed by atoms with E-state index >= 15 is 0 Å². The fourth-order valence-corrected chi connectivity index (χ4v) is 4.27. The maximum Gasteiger partial charge on any atom is 0.0423 e. The van der Waals surface area contributed by atoms with Gasteiger partial charge in [-0.2, -0.15) is 0 Å². The van der Waals surface area contributed by atoms with Crippen LogP contribution < -0.4 is 5.32 Å². The summed E-state index contributed by atoms with van der Waals surface area (Å²) < 4.78 is 1.16. The second-order valence-corrected chi connectivity index (χ2v) is 7.16. The monoisotopic (exact) mass is 383 g/mol. The number of rotatable bonds is 2. The molecule has 1 aliphatic rings. The summed E-state index contributed by atoms with van der Waals surface area (Å²) in [6, 6.07) is 14.3. The summed E-state index contributed by atoms with van der Waals surface area (Å²) in [5.74, 6) is 0.852. The summed E-state index contributed by atoms with van der Waals surface area (Å²) in [6.07, 6.45) is 1.09. The molecule has 0 bridgehead atoms. The van der Waals surface area contributed by atoms with Crippen LogP contribution in [0.25, 0.3) is 0 Å². The van der Waals surface area contributed by atoms with E-state index < -0.39 is 0 Å². The van der Waals surface area contributed by atoms with Crippen LogP contribution in [0.3, 0.4) is 0 Å². The van der Waals surface area contributed by atoms with Crippen LogP contribution in [0.1, 0.15) is 29.4 Å². The van der Waals surface area contributed by atoms with Gasteiger partial charge in [0.1, 0.15) is 0 Å². The molecule has 0 aliphatic carbocycles. The molecule has 2 unspecified atom stereocenters. The zero-order valence-corrected chi connectivity index (χ0v) is 14.5. The van der Waals surface area contributed by atoms with Gasteiger partial charge in [-0.25, -0.2) is 0 Å². The Morgan fingerprint density at radius 3 is 2.43 bits per heavy atom. The van der Waals surface area contributed by atoms with E-state index in [9.17, 15) is 0 Å². The Morgan fingerprint density at radius 2 is 1.71 bits per heavy atom. The minimum atomic E-state index is 0.420. The highest BCUT2D eigenvalue weighted by atomic mass is 79.9. The van der Waals surface area contributed by atoms with Gasteiger partial charge >= 0.3 is 0 Å². The molecule has 1 heterocycles. The van der Waals surface area contributed by atoms with Gasteiger partial charge in [0.05, 0.1) is 0 Å². The Bertz CT molecular complexity index is 624. The molecule has 2 aromatic carbocycles. The number of hydrogen-bond acceptors (Lipinski definition) is 1. The average molecular weight is 385 g/mol. The fraction of sp³-hybridized carbons (Fsp3) is 0.294. The van der Waals surface area contributed by atoms with Crippen LogP contribution in [-0.4, -0.2) is 13.1 Å². The van der Waals surface area contributed by atoms with Crippen molar-refractivity contribution in [2.24, 2.45) is 0 Å². The molecule has 1 aliphatic heterocycles. The summed E-state index contributed by atoms with van der Waals surface area (Å²) in [6.45, 7) is 1.99. The first-order valence-electron chi connectivity index (χ1n) is 7.06. The predicted molar refractivity (Wildman–Crippen MR) is 93.6 cm³/mol. The Balaban J connectivity index is 2.00. The van der Waals surface area contributed by atoms with E-state index in [0.29, 0.717) is 21.9 Å². The Hall–Kier alpha value is -0.540. The summed E-state index contributed by atoms with van der Waals surface area (Å²) in [5, 5.41) is 4.92. The molecular formula is C17H16BrCl2N. The molecule has 3 rings (SSSR count). The standard InChI is InChI=1S/C17H16BrCl2N/c18-17-4-2-1-3-15(17)16-10-21-6-5-14(16)11-7-12(19)9-13(20)8-11/h1-4,7-9,14,16,21H,5-6,10H2. The number of benzene rings is 2. The van der Waals surface area contributed by atoms with Crippen molar-refractivity contribution in [3.8, 4) is 0 Å². The van der Waals surface area contributed by atoms with Crippen molar-refractivity contribution in [3.63, 3.8) is 0 Å². The van der Waals surface area contributed by atoms with E-state index in [-0.39, 0.29) is 0 Å². The third-order valence-electron chi connectivity index (χ3n) is 4.10. The lowest BCUT2D eigenvalue weighted by Gasteiger charge is -2.33. The lowest BCUT2D eigenvalue weighted by atomic mass is 9.77. The number of halogens is 3. The minimum Gasteiger partial charge on any atom is -0.316 e. The largest absolute Gasteiger partial charge is 0.316 e. The molecule has 1 N–H and O–H groups in total. The van der Waals surface area contributed by atoms with Crippen molar-refractivity contribution in [3.05, 3.63) is 68.1 Å². The van der Waals surface area contributed by atoms with Gasteiger partial charge in [-0.3, -0.25) is 0 Å². The number of hydrogen-bond donors (Lipinski definition) is 1. The fourth-order valence-electron chi connectivity index (χ4n) is 3.15. The second-order valence-electron chi connectivity index (χ2n) is 5.43. The van der Waals surface area contributed by atoms with Crippen molar-refractivity contribution in [1.82, 2.24) is 5.32 Å². The van der Waals surface area contributed by atoms with Gasteiger partial charge in [-0.15, -0.1) is 0 Å². The molecule has 0 radical (unpaired) electrons. The van der Waals surface area contributed by atoms with E-state index in [0.717, 1.165) is 24.0 Å². The summed E-state index contributed by atoms with van der Waals surface area (Å²) in [5.41, 5.74) is 2.57. The molecule has 0 amide bonds. The molecule has 0 aromatic heterocycles. The molecule has 0 saturated carbocycles. The molecule has 110 valence electrons. The molecule has 2 aromatic rings. The molecule has 1 fully saturated rings. The molecular weight excluding hydrogens is 369 g/mol. The maximum absolute atomic E-state index is 6.19. The molecule has 21 heavy (non-hydrogen) atoms. The van der Waals surface area contributed by atoms with E-state index in [1.165, 1.54) is 11.1 Å². The van der Waals surface area contributed by atoms with Crippen molar-refractivity contribution < 1.29 is 0 Å². The smallest absolute Gasteiger partial charge is 0.0423 e. The lowest BCUT2D eigenvalue weighted by molar-refractivity contribution is 0.403. The SMILES string of the molecule is Clc1cc(Cl)cc(C2CCNCC2c2ccccc2Br)c1. The van der Waals surface area contributed by atoms with Crippen LogP contribution in [0.15, 0.2) is 46.9 Å². The van der Waals surface area contributed by atoms with Gasteiger partial charge in [0.2, 0.25) is 0 Å². The van der Waals surface area contributed by atoms with Crippen molar-refractivity contribution in [2.75, 3.05) is 13.1 Å². The van der Waals surface area contributed by atoms with Gasteiger partial charge in [0.25, 0.3) is 0 Å². The minimum absolute atomic E-state index is 0.420. The number of nitrogens with one attached hydrogen (secondary N) is 1. The normalized spacial score (nSPS) is 22.2. The van der Waals surface area contributed by atoms with Gasteiger partial charge in [0.15, 0.2) is 0 Å². The van der Waals surface area contributed by atoms with Crippen LogP contribution in [0.5, 0.6) is 0 Å². The first-order chi connectivity index (χ1) is 10.1. The highest BCUT2D eigenvalue weighted by Gasteiger charge is 2.29. The Labute approximate surface area is 143 Å². The van der Waals surface area contributed by atoms with Crippen LogP contribution in [0.2, 0.25) is 10.0 Å². The van der Waals surface area contributed by atoms with Gasteiger partial charge < -0.3 is 5.32 Å². The molecule has 1 nitrogen and oxygen atoms in total. The molecule has 1 saturated heterocycles. The first kappa shape index (κ1) is 15.4. The lowest BCUT2D eigenvalue weighted by Crippen LogP contribution is -2.34. The third-order valence-corrected chi connectivity index (χ3v) is 5.26. The van der Waals surface area contributed by atoms with Crippen LogP contribution in [0, 0.1) is 0 Å². The highest BCUT2D eigenvalue weighted by molar-refractivity contribution is 9.10. The Morgan fingerprint density at radius 1 is 1.00 bits per heavy atom. The second kappa shape index (κ2) is 6.70. The topological polar surface area (TPSA) is 12.0 Å². The van der Waals surface area contributed by atoms with Gasteiger partial charge in [-0.05, 0) is 54.3 Å². The van der Waals surface area contributed by atoms with Crippen LogP contribution in [-0.2, 0) is 0 Å². The summed E-state index contributed by atoms with van der Waals surface area (Å²) in [7, 11) is 0. The Kier molecular flexibility index (Phi) is 4.90. The molecule has 0 spiro atoms. The van der Waals surface area contributed by atoms with Crippen molar-refractivity contribution in [1.29, 1.82) is 0 Å². The quantitative estimate of drug-likeness (QED) is 0.708. The van der Waals surface area contributed by atoms with Crippen molar-refractivity contribution in [2.45, 2.75) is 18.3 Å². The van der Waals surface area contributed by atoms with Crippen LogP contribution in [0.4, 0.5) is 0 Å². The third kappa shape index (κ3) is 3.45. The van der Waals surface area contributed by atoms with E-state index in [4.69, 9.17) is 23.2 Å². The maximum atomic E-state index is 6.19. The van der Waals surface area contributed by atoms with E-state index in [1.54, 1.807) is 6.07 Å². The highest BCUT2D eigenvalue weighted by Crippen LogP contribution is 2.41. The summed E-state index contributed by atoms with van der Waals surface area (Å²) >= 11 is 16.1. The van der Waals surface area contributed by atoms with Gasteiger partial charge in [-0.1, -0.05) is 57.3 Å². The molecule has 2 atom stereocenters.